The zero-order chi connectivity index (χ0) is 50.3. The molecule has 0 bridgehead atoms. The number of rotatable bonds is 36. The number of hydrogen-bond donors (Lipinski definition) is 7. The van der Waals surface area contributed by atoms with Gasteiger partial charge in [0.15, 0.2) is 18.7 Å². The lowest BCUT2D eigenvalue weighted by Crippen LogP contribution is -2.61. The van der Waals surface area contributed by atoms with E-state index in [0.29, 0.717) is 12.8 Å². The van der Waals surface area contributed by atoms with Gasteiger partial charge in [0, 0.05) is 12.8 Å². The van der Waals surface area contributed by atoms with Crippen LogP contribution < -0.4 is 0 Å². The fraction of sp³-hybridized carbons (Fsp3) is 0.630. The fourth-order valence-corrected chi connectivity index (χ4v) is 7.02. The van der Waals surface area contributed by atoms with Gasteiger partial charge >= 0.3 is 11.9 Å². The van der Waals surface area contributed by atoms with Crippen LogP contribution in [0.3, 0.4) is 0 Å². The molecule has 5 unspecified atom stereocenters. The molecular weight excluding hydrogens is 889 g/mol. The largest absolute Gasteiger partial charge is 0.462 e. The van der Waals surface area contributed by atoms with Gasteiger partial charge in [-0.05, 0) is 77.0 Å². The first-order valence-corrected chi connectivity index (χ1v) is 25.0. The summed E-state index contributed by atoms with van der Waals surface area (Å²) in [6.45, 7) is 2.22. The Balaban J connectivity index is 1.83. The second-order valence-corrected chi connectivity index (χ2v) is 17.0. The van der Waals surface area contributed by atoms with Crippen molar-refractivity contribution in [2.45, 2.75) is 191 Å². The topological polar surface area (TPSA) is 231 Å². The number of carbonyl (C=O) groups excluding carboxylic acids is 2. The van der Waals surface area contributed by atoms with Crippen LogP contribution in [0.2, 0.25) is 0 Å². The molecule has 2 heterocycles. The Labute approximate surface area is 410 Å². The summed E-state index contributed by atoms with van der Waals surface area (Å²) >= 11 is 0. The van der Waals surface area contributed by atoms with Crippen molar-refractivity contribution < 1.29 is 73.8 Å². The minimum Gasteiger partial charge on any atom is -0.462 e. The van der Waals surface area contributed by atoms with E-state index in [0.717, 1.165) is 83.5 Å². The Morgan fingerprint density at radius 2 is 0.942 bits per heavy atom. The van der Waals surface area contributed by atoms with Crippen molar-refractivity contribution in [3.05, 3.63) is 109 Å². The molecule has 69 heavy (non-hydrogen) atoms. The Bertz CT molecular complexity index is 1610. The number of ether oxygens (including phenoxy) is 6. The van der Waals surface area contributed by atoms with Gasteiger partial charge in [0.1, 0.15) is 55.4 Å². The van der Waals surface area contributed by atoms with Crippen LogP contribution in [0.5, 0.6) is 0 Å². The zero-order valence-electron chi connectivity index (χ0n) is 41.0. The van der Waals surface area contributed by atoms with E-state index in [-0.39, 0.29) is 19.4 Å². The molecule has 0 spiro atoms. The minimum atomic E-state index is -1.78. The molecule has 390 valence electrons. The third kappa shape index (κ3) is 28.0. The van der Waals surface area contributed by atoms with Crippen LogP contribution >= 0.6 is 0 Å². The molecule has 2 saturated heterocycles. The highest BCUT2D eigenvalue weighted by atomic mass is 16.7. The highest BCUT2D eigenvalue weighted by molar-refractivity contribution is 5.70. The smallest absolute Gasteiger partial charge is 0.306 e. The molecule has 0 aliphatic carbocycles. The van der Waals surface area contributed by atoms with E-state index in [4.69, 9.17) is 28.4 Å². The Morgan fingerprint density at radius 3 is 1.54 bits per heavy atom. The predicted octanol–water partition coefficient (Wildman–Crippen LogP) is 6.76. The molecule has 2 fully saturated rings. The van der Waals surface area contributed by atoms with Gasteiger partial charge in [-0.25, -0.2) is 0 Å². The van der Waals surface area contributed by atoms with Gasteiger partial charge in [0.2, 0.25) is 0 Å². The second kappa shape index (κ2) is 39.8. The molecule has 2 rings (SSSR count). The number of aliphatic hydroxyl groups excluding tert-OH is 7. The summed E-state index contributed by atoms with van der Waals surface area (Å²) in [6.07, 6.45) is 34.1. The van der Waals surface area contributed by atoms with E-state index < -0.39 is 99.3 Å². The Morgan fingerprint density at radius 1 is 0.478 bits per heavy atom. The number of unbranched alkanes of at least 4 members (excludes halogenated alkanes) is 7. The molecule has 0 saturated carbocycles. The average molecular weight is 973 g/mol. The molecule has 2 aliphatic rings. The highest BCUT2D eigenvalue weighted by Gasteiger charge is 2.47. The molecule has 15 heteroatoms. The van der Waals surface area contributed by atoms with E-state index >= 15 is 0 Å². The van der Waals surface area contributed by atoms with E-state index in [1.54, 1.807) is 0 Å². The summed E-state index contributed by atoms with van der Waals surface area (Å²) in [5, 5.41) is 72.0. The van der Waals surface area contributed by atoms with Crippen LogP contribution in [0.25, 0.3) is 0 Å². The first-order chi connectivity index (χ1) is 33.5. The van der Waals surface area contributed by atoms with Crippen LogP contribution in [0.1, 0.15) is 123 Å². The fourth-order valence-electron chi connectivity index (χ4n) is 7.02. The number of hydrogen-bond acceptors (Lipinski definition) is 15. The summed E-state index contributed by atoms with van der Waals surface area (Å²) in [5.41, 5.74) is 0. The lowest BCUT2D eigenvalue weighted by Gasteiger charge is -2.42. The zero-order valence-corrected chi connectivity index (χ0v) is 41.0. The summed E-state index contributed by atoms with van der Waals surface area (Å²) in [7, 11) is 0. The predicted molar refractivity (Wildman–Crippen MR) is 265 cm³/mol. The first-order valence-electron chi connectivity index (χ1n) is 25.0. The highest BCUT2D eigenvalue weighted by Crippen LogP contribution is 2.26. The van der Waals surface area contributed by atoms with Gasteiger partial charge in [-0.1, -0.05) is 142 Å². The molecule has 2 aliphatic heterocycles. The number of esters is 2. The Hall–Kier alpha value is -3.84. The van der Waals surface area contributed by atoms with Crippen LogP contribution in [0, 0.1) is 0 Å². The maximum Gasteiger partial charge on any atom is 0.306 e. The molecule has 7 N–H and O–H groups in total. The third-order valence-corrected chi connectivity index (χ3v) is 11.1. The summed E-state index contributed by atoms with van der Waals surface area (Å²) in [4.78, 5) is 25.7. The van der Waals surface area contributed by atoms with E-state index in [1.165, 1.54) is 0 Å². The molecule has 0 amide bonds. The minimum absolute atomic E-state index is 0.106. The first kappa shape index (κ1) is 61.3. The normalized spacial score (nSPS) is 26.5. The van der Waals surface area contributed by atoms with Gasteiger partial charge in [-0.2, -0.15) is 0 Å². The van der Waals surface area contributed by atoms with Crippen LogP contribution in [-0.4, -0.2) is 142 Å². The lowest BCUT2D eigenvalue weighted by molar-refractivity contribution is -0.332. The standard InChI is InChI=1S/C54H84O15/c1-3-5-7-9-11-13-15-17-18-19-20-21-22-23-25-26-28-30-32-34-36-45(56)64-39-42(67-46(57)37-35-33-31-29-27-24-16-14-12-10-8-6-4-2)40-65-53-52(63)50(61)48(59)44(69-53)41-66-54-51(62)49(60)47(58)43(38-55)68-54/h5-8,10-14,16-18,20-21,23-25,27,42-44,47-55,58-63H,3-4,9,15,19,22,26,28-41H2,1-2H3/b7-5+,8-6+,12-10+,13-11+,16-14+,18-17+,21-20+,25-23+,27-24+/t42?,43-,44-,47+,48+,49?,50?,51?,52?,53-,54-/m1/s1. The van der Waals surface area contributed by atoms with Gasteiger partial charge < -0.3 is 64.2 Å². The van der Waals surface area contributed by atoms with Crippen molar-refractivity contribution in [1.82, 2.24) is 0 Å². The monoisotopic (exact) mass is 973 g/mol. The molecular formula is C54H84O15. The van der Waals surface area contributed by atoms with Crippen molar-refractivity contribution in [3.8, 4) is 0 Å². The molecule has 0 aromatic carbocycles. The second-order valence-electron chi connectivity index (χ2n) is 17.0. The van der Waals surface area contributed by atoms with Gasteiger partial charge in [0.25, 0.3) is 0 Å². The number of aliphatic hydroxyl groups is 7. The van der Waals surface area contributed by atoms with Crippen molar-refractivity contribution in [2.75, 3.05) is 26.4 Å². The van der Waals surface area contributed by atoms with E-state index in [9.17, 15) is 45.3 Å². The van der Waals surface area contributed by atoms with Crippen LogP contribution in [-0.2, 0) is 38.0 Å². The van der Waals surface area contributed by atoms with Gasteiger partial charge in [-0.15, -0.1) is 0 Å². The molecule has 0 aromatic heterocycles. The van der Waals surface area contributed by atoms with Crippen molar-refractivity contribution >= 4 is 11.9 Å². The van der Waals surface area contributed by atoms with Crippen LogP contribution in [0.15, 0.2) is 109 Å². The maximum atomic E-state index is 13.0. The van der Waals surface area contributed by atoms with Gasteiger partial charge in [0.05, 0.1) is 19.8 Å². The van der Waals surface area contributed by atoms with E-state index in [1.807, 2.05) is 36.5 Å². The molecule has 0 radical (unpaired) electrons. The molecule has 11 atom stereocenters. The van der Waals surface area contributed by atoms with Crippen LogP contribution in [0.4, 0.5) is 0 Å². The number of allylic oxidation sites excluding steroid dienone is 18. The van der Waals surface area contributed by atoms with Crippen molar-refractivity contribution in [1.29, 1.82) is 0 Å². The quantitative estimate of drug-likeness (QED) is 0.0149. The average Bonchev–Trinajstić information content (AvgIpc) is 3.34. The maximum absolute atomic E-state index is 13.0. The van der Waals surface area contributed by atoms with E-state index in [2.05, 4.69) is 86.8 Å². The third-order valence-electron chi connectivity index (χ3n) is 11.1. The van der Waals surface area contributed by atoms with Crippen molar-refractivity contribution in [2.24, 2.45) is 0 Å². The summed E-state index contributed by atoms with van der Waals surface area (Å²) in [5.74, 6) is -1.01. The number of carbonyl (C=O) groups is 2. The summed E-state index contributed by atoms with van der Waals surface area (Å²) in [6, 6.07) is 0. The molecule has 0 aromatic rings. The lowest BCUT2D eigenvalue weighted by atomic mass is 9.98. The molecule has 15 nitrogen and oxygen atoms in total. The van der Waals surface area contributed by atoms with Crippen molar-refractivity contribution in [3.63, 3.8) is 0 Å². The summed E-state index contributed by atoms with van der Waals surface area (Å²) < 4.78 is 33.5. The Kier molecular flexibility index (Phi) is 35.4. The van der Waals surface area contributed by atoms with Gasteiger partial charge in [-0.3, -0.25) is 9.59 Å². The SMILES string of the molecule is CC/C=C/C=C/C=C/C=C/CCCCCC(=O)OC(COC(=O)CCCCCC/C=C/C/C=C/C/C=C/C/C=C/C/C=C/CC)CO[C@@H]1O[C@H](CO[C@@H]2O[C@H](CO)[C@H](O)C(O)C2O)[C@H](O)C(O)C1O.